The predicted octanol–water partition coefficient (Wildman–Crippen LogP) is 2.33. The fourth-order valence-corrected chi connectivity index (χ4v) is 2.41. The molecule has 0 amide bonds. The summed E-state index contributed by atoms with van der Waals surface area (Å²) in [6.07, 6.45) is 0.734. The van der Waals surface area contributed by atoms with Crippen LogP contribution in [-0.2, 0) is 13.0 Å². The number of fused-ring (bicyclic) bond motifs is 1. The molecular weight excluding hydrogens is 280 g/mol. The lowest BCUT2D eigenvalue weighted by atomic mass is 10.1. The molecule has 6 heteroatoms. The number of rotatable bonds is 4. The van der Waals surface area contributed by atoms with Gasteiger partial charge in [-0.05, 0) is 25.0 Å². The Morgan fingerprint density at radius 3 is 2.77 bits per heavy atom. The molecule has 0 unspecified atom stereocenters. The van der Waals surface area contributed by atoms with Crippen molar-refractivity contribution in [3.63, 3.8) is 0 Å². The van der Waals surface area contributed by atoms with Crippen molar-refractivity contribution >= 4 is 11.0 Å². The maximum Gasteiger partial charge on any atom is 0.272 e. The van der Waals surface area contributed by atoms with Crippen LogP contribution in [0.2, 0.25) is 0 Å². The SMILES string of the molecule is Cc1nc2ccccc2n(Cc2noc(CC(C)C)n2)c1=O. The van der Waals surface area contributed by atoms with Crippen LogP contribution in [0.1, 0.15) is 31.3 Å². The molecule has 2 aromatic heterocycles. The predicted molar refractivity (Wildman–Crippen MR) is 82.7 cm³/mol. The Labute approximate surface area is 127 Å². The molecule has 22 heavy (non-hydrogen) atoms. The second-order valence-electron chi connectivity index (χ2n) is 5.78. The molecule has 0 saturated carbocycles. The minimum Gasteiger partial charge on any atom is -0.339 e. The third kappa shape index (κ3) is 2.77. The van der Waals surface area contributed by atoms with E-state index in [0.29, 0.717) is 23.3 Å². The second kappa shape index (κ2) is 5.71. The first kappa shape index (κ1) is 14.4. The van der Waals surface area contributed by atoms with E-state index < -0.39 is 0 Å². The van der Waals surface area contributed by atoms with E-state index in [-0.39, 0.29) is 12.1 Å². The molecule has 3 aromatic rings. The molecular formula is C16H18N4O2. The molecule has 114 valence electrons. The number of hydrogen-bond donors (Lipinski definition) is 0. The summed E-state index contributed by atoms with van der Waals surface area (Å²) < 4.78 is 6.88. The Kier molecular flexibility index (Phi) is 3.75. The maximum atomic E-state index is 12.4. The van der Waals surface area contributed by atoms with Crippen molar-refractivity contribution < 1.29 is 4.52 Å². The van der Waals surface area contributed by atoms with E-state index in [1.807, 2.05) is 24.3 Å². The zero-order valence-corrected chi connectivity index (χ0v) is 12.9. The molecule has 0 saturated heterocycles. The van der Waals surface area contributed by atoms with Gasteiger partial charge >= 0.3 is 0 Å². The van der Waals surface area contributed by atoms with Crippen molar-refractivity contribution in [3.8, 4) is 0 Å². The number of nitrogens with zero attached hydrogens (tertiary/aromatic N) is 4. The van der Waals surface area contributed by atoms with Gasteiger partial charge in [0.2, 0.25) is 5.89 Å². The average molecular weight is 298 g/mol. The van der Waals surface area contributed by atoms with Gasteiger partial charge < -0.3 is 4.52 Å². The lowest BCUT2D eigenvalue weighted by molar-refractivity contribution is 0.358. The van der Waals surface area contributed by atoms with Gasteiger partial charge in [-0.15, -0.1) is 0 Å². The van der Waals surface area contributed by atoms with E-state index in [9.17, 15) is 4.79 Å². The van der Waals surface area contributed by atoms with Crippen molar-refractivity contribution in [1.29, 1.82) is 0 Å². The molecule has 0 fully saturated rings. The van der Waals surface area contributed by atoms with Crippen molar-refractivity contribution in [2.24, 2.45) is 5.92 Å². The Morgan fingerprint density at radius 2 is 2.00 bits per heavy atom. The van der Waals surface area contributed by atoms with Crippen LogP contribution in [0.25, 0.3) is 11.0 Å². The highest BCUT2D eigenvalue weighted by molar-refractivity contribution is 5.74. The van der Waals surface area contributed by atoms with Crippen molar-refractivity contribution in [1.82, 2.24) is 19.7 Å². The molecule has 0 N–H and O–H groups in total. The summed E-state index contributed by atoms with van der Waals surface area (Å²) in [6.45, 7) is 6.18. The molecule has 6 nitrogen and oxygen atoms in total. The zero-order chi connectivity index (χ0) is 15.7. The third-order valence-corrected chi connectivity index (χ3v) is 3.41. The first-order valence-corrected chi connectivity index (χ1v) is 7.32. The first-order valence-electron chi connectivity index (χ1n) is 7.32. The standard InChI is InChI=1S/C16H18N4O2/c1-10(2)8-15-18-14(19-22-15)9-20-13-7-5-4-6-12(13)17-11(3)16(20)21/h4-7,10H,8-9H2,1-3H3. The summed E-state index contributed by atoms with van der Waals surface area (Å²) in [6, 6.07) is 7.55. The number of benzene rings is 1. The molecule has 0 aliphatic rings. The van der Waals surface area contributed by atoms with Crippen LogP contribution < -0.4 is 5.56 Å². The van der Waals surface area contributed by atoms with Crippen molar-refractivity contribution in [2.45, 2.75) is 33.7 Å². The Bertz CT molecular complexity index is 864. The molecule has 0 atom stereocenters. The van der Waals surface area contributed by atoms with Crippen LogP contribution in [0.15, 0.2) is 33.6 Å². The normalized spacial score (nSPS) is 11.5. The molecule has 0 radical (unpaired) electrons. The maximum absolute atomic E-state index is 12.4. The van der Waals surface area contributed by atoms with E-state index in [0.717, 1.165) is 17.5 Å². The average Bonchev–Trinajstić information content (AvgIpc) is 2.90. The molecule has 0 aliphatic heterocycles. The van der Waals surface area contributed by atoms with Crippen LogP contribution in [0, 0.1) is 12.8 Å². The van der Waals surface area contributed by atoms with E-state index >= 15 is 0 Å². The summed E-state index contributed by atoms with van der Waals surface area (Å²) in [4.78, 5) is 21.1. The summed E-state index contributed by atoms with van der Waals surface area (Å²) in [5.74, 6) is 1.56. The Hall–Kier alpha value is -2.50. The smallest absolute Gasteiger partial charge is 0.272 e. The van der Waals surface area contributed by atoms with E-state index in [1.165, 1.54) is 0 Å². The topological polar surface area (TPSA) is 73.8 Å². The van der Waals surface area contributed by atoms with Crippen LogP contribution in [0.3, 0.4) is 0 Å². The highest BCUT2D eigenvalue weighted by atomic mass is 16.5. The minimum absolute atomic E-state index is 0.131. The highest BCUT2D eigenvalue weighted by Gasteiger charge is 2.13. The lowest BCUT2D eigenvalue weighted by Crippen LogP contribution is -2.25. The summed E-state index contributed by atoms with van der Waals surface area (Å²) in [5.41, 5.74) is 1.89. The van der Waals surface area contributed by atoms with Crippen LogP contribution >= 0.6 is 0 Å². The van der Waals surface area contributed by atoms with Gasteiger partial charge in [0.05, 0.1) is 17.6 Å². The fraction of sp³-hybridized carbons (Fsp3) is 0.375. The molecule has 0 spiro atoms. The zero-order valence-electron chi connectivity index (χ0n) is 12.9. The van der Waals surface area contributed by atoms with Crippen molar-refractivity contribution in [2.75, 3.05) is 0 Å². The van der Waals surface area contributed by atoms with Gasteiger partial charge in [0.15, 0.2) is 5.82 Å². The fourth-order valence-electron chi connectivity index (χ4n) is 2.41. The summed E-state index contributed by atoms with van der Waals surface area (Å²) in [7, 11) is 0. The van der Waals surface area contributed by atoms with Gasteiger partial charge in [0, 0.05) is 6.42 Å². The monoisotopic (exact) mass is 298 g/mol. The van der Waals surface area contributed by atoms with Crippen LogP contribution in [0.5, 0.6) is 0 Å². The van der Waals surface area contributed by atoms with E-state index in [4.69, 9.17) is 4.52 Å². The van der Waals surface area contributed by atoms with Gasteiger partial charge in [0.1, 0.15) is 5.69 Å². The van der Waals surface area contributed by atoms with Crippen molar-refractivity contribution in [3.05, 3.63) is 52.0 Å². The third-order valence-electron chi connectivity index (χ3n) is 3.41. The minimum atomic E-state index is -0.131. The number of hydrogen-bond acceptors (Lipinski definition) is 5. The van der Waals surface area contributed by atoms with Gasteiger partial charge in [-0.3, -0.25) is 9.36 Å². The highest BCUT2D eigenvalue weighted by Crippen LogP contribution is 2.12. The molecule has 0 aliphatic carbocycles. The van der Waals surface area contributed by atoms with Gasteiger partial charge in [-0.2, -0.15) is 4.98 Å². The summed E-state index contributed by atoms with van der Waals surface area (Å²) in [5, 5.41) is 3.98. The Balaban J connectivity index is 2.01. The number of aromatic nitrogens is 4. The van der Waals surface area contributed by atoms with E-state index in [1.54, 1.807) is 11.5 Å². The van der Waals surface area contributed by atoms with Gasteiger partial charge in [-0.25, -0.2) is 4.98 Å². The Morgan fingerprint density at radius 1 is 1.23 bits per heavy atom. The molecule has 2 heterocycles. The quantitative estimate of drug-likeness (QED) is 0.739. The first-order chi connectivity index (χ1) is 10.5. The summed E-state index contributed by atoms with van der Waals surface area (Å²) >= 11 is 0. The second-order valence-corrected chi connectivity index (χ2v) is 5.78. The number of aryl methyl sites for hydroxylation is 1. The van der Waals surface area contributed by atoms with E-state index in [2.05, 4.69) is 29.0 Å². The van der Waals surface area contributed by atoms with Crippen LogP contribution in [-0.4, -0.2) is 19.7 Å². The van der Waals surface area contributed by atoms with Gasteiger partial charge in [0.25, 0.3) is 5.56 Å². The molecule has 0 bridgehead atoms. The largest absolute Gasteiger partial charge is 0.339 e. The van der Waals surface area contributed by atoms with Gasteiger partial charge in [-0.1, -0.05) is 31.1 Å². The molecule has 1 aromatic carbocycles. The van der Waals surface area contributed by atoms with Crippen LogP contribution in [0.4, 0.5) is 0 Å². The number of para-hydroxylation sites is 2. The molecule has 3 rings (SSSR count). The lowest BCUT2D eigenvalue weighted by Gasteiger charge is -2.08.